The van der Waals surface area contributed by atoms with Crippen LogP contribution in [0.4, 0.5) is 0 Å². The third kappa shape index (κ3) is 2.64. The van der Waals surface area contributed by atoms with Crippen molar-refractivity contribution < 1.29 is 13.9 Å². The molecular formula is C12H12BrNO3S. The van der Waals surface area contributed by atoms with Crippen LogP contribution in [-0.2, 0) is 11.2 Å². The van der Waals surface area contributed by atoms with E-state index in [1.54, 1.807) is 6.92 Å². The van der Waals surface area contributed by atoms with Crippen LogP contribution in [0.1, 0.15) is 30.1 Å². The number of carbonyl (C=O) groups is 1. The maximum absolute atomic E-state index is 11.7. The summed E-state index contributed by atoms with van der Waals surface area (Å²) in [5.74, 6) is 0.216. The van der Waals surface area contributed by atoms with Gasteiger partial charge in [-0.25, -0.2) is 9.78 Å². The number of oxazole rings is 1. The average molecular weight is 330 g/mol. The van der Waals surface area contributed by atoms with E-state index in [2.05, 4.69) is 20.9 Å². The number of nitrogens with zero attached hydrogens (tertiary/aromatic N) is 1. The number of hydrogen-bond donors (Lipinski definition) is 0. The number of ether oxygens (including phenoxy) is 1. The molecule has 2 aromatic rings. The molecule has 2 heterocycles. The SMILES string of the molecule is CCOC(=O)c1oc(-c2ccc(Br)s2)nc1CC. The van der Waals surface area contributed by atoms with Crippen molar-refractivity contribution in [3.8, 4) is 10.8 Å². The van der Waals surface area contributed by atoms with Gasteiger partial charge in [-0.15, -0.1) is 11.3 Å². The van der Waals surface area contributed by atoms with Gasteiger partial charge in [0.2, 0.25) is 11.7 Å². The van der Waals surface area contributed by atoms with Crippen LogP contribution in [0.2, 0.25) is 0 Å². The molecule has 2 rings (SSSR count). The van der Waals surface area contributed by atoms with E-state index in [0.29, 0.717) is 24.6 Å². The minimum absolute atomic E-state index is 0.207. The molecule has 6 heteroatoms. The minimum Gasteiger partial charge on any atom is -0.460 e. The minimum atomic E-state index is -0.455. The van der Waals surface area contributed by atoms with Crippen molar-refractivity contribution in [1.82, 2.24) is 4.98 Å². The molecule has 0 bridgehead atoms. The van der Waals surface area contributed by atoms with E-state index in [1.165, 1.54) is 11.3 Å². The van der Waals surface area contributed by atoms with Gasteiger partial charge in [-0.3, -0.25) is 0 Å². The van der Waals surface area contributed by atoms with E-state index in [1.807, 2.05) is 19.1 Å². The number of esters is 1. The highest BCUT2D eigenvalue weighted by Gasteiger charge is 2.21. The second kappa shape index (κ2) is 5.67. The molecular weight excluding hydrogens is 318 g/mol. The summed E-state index contributed by atoms with van der Waals surface area (Å²) in [4.78, 5) is 16.9. The zero-order valence-electron chi connectivity index (χ0n) is 10.0. The molecule has 4 nitrogen and oxygen atoms in total. The lowest BCUT2D eigenvalue weighted by Gasteiger charge is -1.98. The molecule has 0 saturated heterocycles. The van der Waals surface area contributed by atoms with Crippen molar-refractivity contribution in [2.45, 2.75) is 20.3 Å². The van der Waals surface area contributed by atoms with E-state index >= 15 is 0 Å². The summed E-state index contributed by atoms with van der Waals surface area (Å²) in [5, 5.41) is 0. The predicted molar refractivity (Wildman–Crippen MR) is 72.9 cm³/mol. The number of rotatable bonds is 4. The van der Waals surface area contributed by atoms with Gasteiger partial charge in [0.25, 0.3) is 0 Å². The molecule has 18 heavy (non-hydrogen) atoms. The Kier molecular flexibility index (Phi) is 4.19. The molecule has 0 amide bonds. The topological polar surface area (TPSA) is 52.3 Å². The Balaban J connectivity index is 2.37. The first-order valence-corrected chi connectivity index (χ1v) is 7.19. The maximum atomic E-state index is 11.7. The predicted octanol–water partition coefficient (Wildman–Crippen LogP) is 3.90. The average Bonchev–Trinajstić information content (AvgIpc) is 2.94. The van der Waals surface area contributed by atoms with Gasteiger partial charge in [-0.05, 0) is 41.4 Å². The van der Waals surface area contributed by atoms with Gasteiger partial charge in [-0.2, -0.15) is 0 Å². The van der Waals surface area contributed by atoms with Crippen LogP contribution in [0.25, 0.3) is 10.8 Å². The first-order valence-electron chi connectivity index (χ1n) is 5.58. The summed E-state index contributed by atoms with van der Waals surface area (Å²) >= 11 is 4.89. The Morgan fingerprint density at radius 2 is 2.28 bits per heavy atom. The molecule has 0 aliphatic rings. The molecule has 0 radical (unpaired) electrons. The van der Waals surface area contributed by atoms with Crippen molar-refractivity contribution in [1.29, 1.82) is 0 Å². The smallest absolute Gasteiger partial charge is 0.376 e. The van der Waals surface area contributed by atoms with E-state index in [4.69, 9.17) is 9.15 Å². The highest BCUT2D eigenvalue weighted by Crippen LogP contribution is 2.32. The fourth-order valence-corrected chi connectivity index (χ4v) is 2.79. The molecule has 0 aliphatic heterocycles. The van der Waals surface area contributed by atoms with Crippen LogP contribution in [0.15, 0.2) is 20.3 Å². The standard InChI is InChI=1S/C12H12BrNO3S/c1-3-7-10(12(15)16-4-2)17-11(14-7)8-5-6-9(13)18-8/h5-6H,3-4H2,1-2H3. The number of aryl methyl sites for hydroxylation is 1. The molecule has 0 atom stereocenters. The quantitative estimate of drug-likeness (QED) is 0.798. The van der Waals surface area contributed by atoms with Gasteiger partial charge in [0.15, 0.2) is 0 Å². The zero-order valence-corrected chi connectivity index (χ0v) is 12.4. The second-order valence-corrected chi connectivity index (χ2v) is 5.94. The fraction of sp³-hybridized carbons (Fsp3) is 0.333. The molecule has 2 aromatic heterocycles. The van der Waals surface area contributed by atoms with E-state index < -0.39 is 5.97 Å². The Morgan fingerprint density at radius 3 is 2.83 bits per heavy atom. The van der Waals surface area contributed by atoms with Crippen LogP contribution < -0.4 is 0 Å². The highest BCUT2D eigenvalue weighted by atomic mass is 79.9. The lowest BCUT2D eigenvalue weighted by Crippen LogP contribution is -2.05. The lowest BCUT2D eigenvalue weighted by atomic mass is 10.3. The zero-order chi connectivity index (χ0) is 13.1. The van der Waals surface area contributed by atoms with E-state index in [-0.39, 0.29) is 5.76 Å². The third-order valence-electron chi connectivity index (χ3n) is 2.28. The third-order valence-corrected chi connectivity index (χ3v) is 3.89. The first-order chi connectivity index (χ1) is 8.65. The first kappa shape index (κ1) is 13.3. The summed E-state index contributed by atoms with van der Waals surface area (Å²) in [5.41, 5.74) is 0.632. The monoisotopic (exact) mass is 329 g/mol. The van der Waals surface area contributed by atoms with Gasteiger partial charge in [-0.1, -0.05) is 6.92 Å². The molecule has 0 aromatic carbocycles. The molecule has 0 spiro atoms. The maximum Gasteiger partial charge on any atom is 0.376 e. The largest absolute Gasteiger partial charge is 0.460 e. The summed E-state index contributed by atoms with van der Waals surface area (Å²) in [6.07, 6.45) is 0.629. The van der Waals surface area contributed by atoms with Gasteiger partial charge in [0, 0.05) is 0 Å². The van der Waals surface area contributed by atoms with E-state index in [0.717, 1.165) is 8.66 Å². The molecule has 0 N–H and O–H groups in total. The molecule has 0 fully saturated rings. The Hall–Kier alpha value is -1.14. The molecule has 96 valence electrons. The van der Waals surface area contributed by atoms with Gasteiger partial charge >= 0.3 is 5.97 Å². The fourth-order valence-electron chi connectivity index (χ4n) is 1.48. The summed E-state index contributed by atoms with van der Waals surface area (Å²) in [7, 11) is 0. The van der Waals surface area contributed by atoms with Crippen LogP contribution in [0, 0.1) is 0 Å². The van der Waals surface area contributed by atoms with Crippen molar-refractivity contribution in [2.75, 3.05) is 6.61 Å². The normalized spacial score (nSPS) is 10.6. The number of thiophene rings is 1. The van der Waals surface area contributed by atoms with Gasteiger partial charge < -0.3 is 9.15 Å². The van der Waals surface area contributed by atoms with Crippen LogP contribution in [0.3, 0.4) is 0 Å². The Bertz CT molecular complexity index is 561. The Morgan fingerprint density at radius 1 is 1.50 bits per heavy atom. The molecule has 0 saturated carbocycles. The highest BCUT2D eigenvalue weighted by molar-refractivity contribution is 9.11. The second-order valence-electron chi connectivity index (χ2n) is 3.47. The number of hydrogen-bond acceptors (Lipinski definition) is 5. The molecule has 0 aliphatic carbocycles. The van der Waals surface area contributed by atoms with Gasteiger partial charge in [0.05, 0.1) is 21.0 Å². The van der Waals surface area contributed by atoms with Crippen molar-refractivity contribution in [3.63, 3.8) is 0 Å². The van der Waals surface area contributed by atoms with Crippen LogP contribution in [0.5, 0.6) is 0 Å². The number of halogens is 1. The van der Waals surface area contributed by atoms with Crippen LogP contribution >= 0.6 is 27.3 Å². The number of carbonyl (C=O) groups excluding carboxylic acids is 1. The van der Waals surface area contributed by atoms with Crippen molar-refractivity contribution >= 4 is 33.2 Å². The van der Waals surface area contributed by atoms with Crippen molar-refractivity contribution in [3.05, 3.63) is 27.4 Å². The summed E-state index contributed by atoms with van der Waals surface area (Å²) < 4.78 is 11.5. The number of aromatic nitrogens is 1. The summed E-state index contributed by atoms with van der Waals surface area (Å²) in [6.45, 7) is 4.01. The van der Waals surface area contributed by atoms with E-state index in [9.17, 15) is 4.79 Å². The summed E-state index contributed by atoms with van der Waals surface area (Å²) in [6, 6.07) is 3.81. The Labute approximate surface area is 117 Å². The van der Waals surface area contributed by atoms with Crippen molar-refractivity contribution in [2.24, 2.45) is 0 Å². The van der Waals surface area contributed by atoms with Crippen LogP contribution in [-0.4, -0.2) is 17.6 Å². The molecule has 0 unspecified atom stereocenters. The lowest BCUT2D eigenvalue weighted by molar-refractivity contribution is 0.0489. The van der Waals surface area contributed by atoms with Gasteiger partial charge in [0.1, 0.15) is 0 Å².